The van der Waals surface area contributed by atoms with E-state index in [1.165, 1.54) is 99.1 Å². The minimum Gasteiger partial charge on any atom is -0.494 e. The summed E-state index contributed by atoms with van der Waals surface area (Å²) in [6.07, 6.45) is 18.2. The van der Waals surface area contributed by atoms with Crippen LogP contribution in [0, 0.1) is 52.3 Å². The van der Waals surface area contributed by atoms with Crippen LogP contribution < -0.4 is 14.8 Å². The van der Waals surface area contributed by atoms with Gasteiger partial charge in [0.1, 0.15) is 11.1 Å². The zero-order valence-corrected chi connectivity index (χ0v) is 37.4. The molecule has 2 unspecified atom stereocenters. The van der Waals surface area contributed by atoms with Gasteiger partial charge in [0.2, 0.25) is 0 Å². The van der Waals surface area contributed by atoms with Crippen LogP contribution in [0.2, 0.25) is 10.0 Å². The summed E-state index contributed by atoms with van der Waals surface area (Å²) in [5.41, 5.74) is 3.35. The molecular weight excluding hydrogens is 757 g/mol. The molecule has 4 aliphatic carbocycles. The molecule has 0 saturated heterocycles. The predicted octanol–water partition coefficient (Wildman–Crippen LogP) is 12.1. The molecule has 0 spiro atoms. The van der Waals surface area contributed by atoms with Gasteiger partial charge in [0.05, 0.1) is 38.5 Å². The number of fused-ring (bicyclic) bond motifs is 5. The molecule has 1 N–H and O–H groups in total. The summed E-state index contributed by atoms with van der Waals surface area (Å²) < 4.78 is 21.2. The molecule has 0 radical (unpaired) electrons. The van der Waals surface area contributed by atoms with Crippen LogP contribution in [0.4, 0.5) is 0 Å². The standard InChI is InChI=1S/C48H67Cl2NO6/c1-28(2)11-10-12-29(3)38-15-16-39-35-14-13-32-27-33(17-20-47(32,4)40(35)18-21-48(38,39)5)51-22-19-34(30-23-36(45(52)56-8)43(54-6)41(49)25-30)31-24-37(46(53)57-9)44(55-7)42(50)26-31/h19,23-26,28-29,32-33,35,38-40,51H,10-18,20-22,27H2,1-9H3/t29-,32?,33?,35+,38-,39+,40+,47+,48-/m1/s1. The molecule has 4 aliphatic rings. The van der Waals surface area contributed by atoms with E-state index in [-0.39, 0.29) is 32.7 Å². The fourth-order valence-electron chi connectivity index (χ4n) is 12.6. The Morgan fingerprint density at radius 3 is 1.91 bits per heavy atom. The Morgan fingerprint density at radius 1 is 0.772 bits per heavy atom. The van der Waals surface area contributed by atoms with Crippen LogP contribution in [0.3, 0.4) is 0 Å². The molecule has 7 nitrogen and oxygen atoms in total. The van der Waals surface area contributed by atoms with Gasteiger partial charge >= 0.3 is 11.9 Å². The van der Waals surface area contributed by atoms with Gasteiger partial charge in [-0.15, -0.1) is 0 Å². The number of benzene rings is 2. The van der Waals surface area contributed by atoms with Gasteiger partial charge in [-0.3, -0.25) is 0 Å². The quantitative estimate of drug-likeness (QED) is 0.190. The maximum absolute atomic E-state index is 12.9. The highest BCUT2D eigenvalue weighted by Gasteiger charge is 2.60. The molecule has 2 aromatic carbocycles. The van der Waals surface area contributed by atoms with Gasteiger partial charge in [0.15, 0.2) is 11.5 Å². The molecule has 0 bridgehead atoms. The minimum absolute atomic E-state index is 0.198. The van der Waals surface area contributed by atoms with E-state index in [4.69, 9.17) is 42.1 Å². The zero-order valence-electron chi connectivity index (χ0n) is 35.9. The second-order valence-corrected chi connectivity index (χ2v) is 19.6. The molecule has 0 aromatic heterocycles. The molecule has 314 valence electrons. The first-order valence-electron chi connectivity index (χ1n) is 21.6. The van der Waals surface area contributed by atoms with E-state index in [0.29, 0.717) is 34.5 Å². The van der Waals surface area contributed by atoms with Crippen molar-refractivity contribution < 1.29 is 28.5 Å². The maximum Gasteiger partial charge on any atom is 0.341 e. The lowest BCUT2D eigenvalue weighted by Gasteiger charge is -2.61. The highest BCUT2D eigenvalue weighted by molar-refractivity contribution is 6.33. The van der Waals surface area contributed by atoms with Crippen molar-refractivity contribution in [3.8, 4) is 11.5 Å². The molecule has 0 heterocycles. The Hall–Kier alpha value is -2.74. The van der Waals surface area contributed by atoms with E-state index >= 15 is 0 Å². The van der Waals surface area contributed by atoms with Crippen molar-refractivity contribution in [2.24, 2.45) is 52.3 Å². The van der Waals surface area contributed by atoms with Gasteiger partial charge in [-0.1, -0.05) is 83.2 Å². The summed E-state index contributed by atoms with van der Waals surface area (Å²) in [7, 11) is 5.58. The summed E-state index contributed by atoms with van der Waals surface area (Å²) in [5, 5.41) is 4.42. The van der Waals surface area contributed by atoms with E-state index < -0.39 is 11.9 Å². The molecule has 2 aromatic rings. The van der Waals surface area contributed by atoms with Crippen molar-refractivity contribution in [2.75, 3.05) is 35.0 Å². The first-order chi connectivity index (χ1) is 27.2. The van der Waals surface area contributed by atoms with Gasteiger partial charge in [-0.05, 0) is 151 Å². The topological polar surface area (TPSA) is 83.1 Å². The van der Waals surface area contributed by atoms with Crippen molar-refractivity contribution in [2.45, 2.75) is 118 Å². The predicted molar refractivity (Wildman–Crippen MR) is 231 cm³/mol. The number of halogens is 2. The third-order valence-electron chi connectivity index (χ3n) is 15.5. The van der Waals surface area contributed by atoms with Gasteiger partial charge in [0.25, 0.3) is 0 Å². The van der Waals surface area contributed by atoms with E-state index in [0.717, 1.165) is 53.4 Å². The Morgan fingerprint density at radius 2 is 1.35 bits per heavy atom. The average Bonchev–Trinajstić information content (AvgIpc) is 3.55. The number of rotatable bonds is 14. The van der Waals surface area contributed by atoms with Crippen LogP contribution in [-0.4, -0.2) is 53.0 Å². The molecule has 4 saturated carbocycles. The van der Waals surface area contributed by atoms with Gasteiger partial charge in [0, 0.05) is 12.6 Å². The second kappa shape index (κ2) is 18.3. The summed E-state index contributed by atoms with van der Waals surface area (Å²) >= 11 is 13.4. The number of carbonyl (C=O) groups is 2. The highest BCUT2D eigenvalue weighted by atomic mass is 35.5. The number of hydrogen-bond donors (Lipinski definition) is 1. The summed E-state index contributed by atoms with van der Waals surface area (Å²) in [4.78, 5) is 25.8. The number of esters is 2. The third kappa shape index (κ3) is 8.64. The number of ether oxygens (including phenoxy) is 4. The summed E-state index contributed by atoms with van der Waals surface area (Å²) in [5.74, 6) is 5.18. The number of hydrogen-bond acceptors (Lipinski definition) is 7. The van der Waals surface area contributed by atoms with Crippen LogP contribution in [0.25, 0.3) is 5.57 Å². The molecule has 9 atom stereocenters. The minimum atomic E-state index is -0.571. The number of carbonyl (C=O) groups excluding carboxylic acids is 2. The van der Waals surface area contributed by atoms with Crippen molar-refractivity contribution in [3.05, 3.63) is 62.6 Å². The Labute approximate surface area is 352 Å². The summed E-state index contributed by atoms with van der Waals surface area (Å²) in [6, 6.07) is 7.32. The monoisotopic (exact) mass is 823 g/mol. The van der Waals surface area contributed by atoms with Gasteiger partial charge in [-0.25, -0.2) is 9.59 Å². The normalized spacial score (nSPS) is 29.8. The van der Waals surface area contributed by atoms with E-state index in [2.05, 4.69) is 46.0 Å². The van der Waals surface area contributed by atoms with E-state index in [9.17, 15) is 9.59 Å². The van der Waals surface area contributed by atoms with Crippen LogP contribution in [0.15, 0.2) is 30.3 Å². The van der Waals surface area contributed by atoms with Crippen molar-refractivity contribution in [1.29, 1.82) is 0 Å². The molecular formula is C48H67Cl2NO6. The highest BCUT2D eigenvalue weighted by Crippen LogP contribution is 2.68. The lowest BCUT2D eigenvalue weighted by atomic mass is 9.44. The lowest BCUT2D eigenvalue weighted by molar-refractivity contribution is -0.117. The molecule has 57 heavy (non-hydrogen) atoms. The van der Waals surface area contributed by atoms with Gasteiger partial charge < -0.3 is 24.3 Å². The third-order valence-corrected chi connectivity index (χ3v) is 16.1. The van der Waals surface area contributed by atoms with E-state index in [1.54, 1.807) is 24.3 Å². The van der Waals surface area contributed by atoms with Crippen molar-refractivity contribution >= 4 is 40.7 Å². The Bertz CT molecular complexity index is 1730. The Kier molecular flexibility index (Phi) is 14.0. The van der Waals surface area contributed by atoms with Crippen LogP contribution in [0.1, 0.15) is 144 Å². The van der Waals surface area contributed by atoms with E-state index in [1.807, 2.05) is 0 Å². The number of nitrogens with one attached hydrogen (secondary N) is 1. The SMILES string of the molecule is COC(=O)c1cc(C(=CCNC2CC[C@@]3(C)C(CC[C@H]4[C@@H]5CC[C@H]([C@H](C)CCCC(C)C)[C@@]5(C)CC[C@@H]43)C2)c2cc(Cl)c(OC)c(C(=O)OC)c2)cc(Cl)c1OC. The maximum atomic E-state index is 12.9. The average molecular weight is 825 g/mol. The van der Waals surface area contributed by atoms with Crippen LogP contribution in [-0.2, 0) is 9.47 Å². The first-order valence-corrected chi connectivity index (χ1v) is 22.3. The fourth-order valence-corrected chi connectivity index (χ4v) is 13.2. The molecule has 9 heteroatoms. The molecule has 6 rings (SSSR count). The largest absolute Gasteiger partial charge is 0.494 e. The zero-order chi connectivity index (χ0) is 41.2. The molecule has 0 aliphatic heterocycles. The van der Waals surface area contributed by atoms with Crippen LogP contribution >= 0.6 is 23.2 Å². The number of methoxy groups -OCH3 is 4. The fraction of sp³-hybridized carbons (Fsp3) is 0.667. The molecule has 4 fully saturated rings. The van der Waals surface area contributed by atoms with Crippen LogP contribution in [0.5, 0.6) is 11.5 Å². The Balaban J connectivity index is 1.20. The second-order valence-electron chi connectivity index (χ2n) is 18.7. The first kappa shape index (κ1) is 43.8. The van der Waals surface area contributed by atoms with Crippen molar-refractivity contribution in [1.82, 2.24) is 5.32 Å². The summed E-state index contributed by atoms with van der Waals surface area (Å²) in [6.45, 7) is 13.2. The van der Waals surface area contributed by atoms with Crippen molar-refractivity contribution in [3.63, 3.8) is 0 Å². The van der Waals surface area contributed by atoms with Gasteiger partial charge in [-0.2, -0.15) is 0 Å². The smallest absolute Gasteiger partial charge is 0.341 e. The lowest BCUT2D eigenvalue weighted by Crippen LogP contribution is -2.55. The molecule has 0 amide bonds.